The lowest BCUT2D eigenvalue weighted by Gasteiger charge is -2.04. The first-order valence-corrected chi connectivity index (χ1v) is 12.6. The largest absolute Gasteiger partial charge is 0.426 e. The summed E-state index contributed by atoms with van der Waals surface area (Å²) in [7, 11) is 0. The van der Waals surface area contributed by atoms with Crippen LogP contribution in [0.5, 0.6) is 5.75 Å². The summed E-state index contributed by atoms with van der Waals surface area (Å²) in [5, 5.41) is 11.2. The molecule has 6 aromatic rings. The molecule has 0 aliphatic rings. The van der Waals surface area contributed by atoms with E-state index >= 15 is 0 Å². The second-order valence-electron chi connectivity index (χ2n) is 7.83. The lowest BCUT2D eigenvalue weighted by Crippen LogP contribution is -2.23. The van der Waals surface area contributed by atoms with Crippen molar-refractivity contribution >= 4 is 39.7 Å². The van der Waals surface area contributed by atoms with E-state index in [1.807, 2.05) is 64.8 Å². The van der Waals surface area contributed by atoms with E-state index in [0.717, 1.165) is 21.8 Å². The maximum atomic E-state index is 13.2. The fraction of sp³-hybridized carbons (Fsp3) is 0.0385. The standard InChI is InChI=1S/C26H17N5O3S2/c1-16(32)34-20-11-6-5-10-19(20)24-27-26-31(29-24)25(33)22(36-26)14-17-15-30(18-8-3-2-4-9-18)28-23(17)21-12-7-13-35-21/h2-15H,1H3/b22-14-. The molecule has 0 fully saturated rings. The zero-order valence-corrected chi connectivity index (χ0v) is 20.5. The van der Waals surface area contributed by atoms with E-state index in [1.54, 1.807) is 35.6 Å². The lowest BCUT2D eigenvalue weighted by molar-refractivity contribution is -0.131. The van der Waals surface area contributed by atoms with Crippen LogP contribution < -0.4 is 14.8 Å². The molecule has 8 nitrogen and oxygen atoms in total. The van der Waals surface area contributed by atoms with Gasteiger partial charge in [0.15, 0.2) is 5.82 Å². The summed E-state index contributed by atoms with van der Waals surface area (Å²) in [5.74, 6) is 0.219. The van der Waals surface area contributed by atoms with E-state index < -0.39 is 5.97 Å². The van der Waals surface area contributed by atoms with Crippen LogP contribution in [-0.2, 0) is 4.79 Å². The smallest absolute Gasteiger partial charge is 0.308 e. The predicted molar refractivity (Wildman–Crippen MR) is 140 cm³/mol. The van der Waals surface area contributed by atoms with Gasteiger partial charge >= 0.3 is 5.97 Å². The number of carbonyl (C=O) groups is 1. The highest BCUT2D eigenvalue weighted by Crippen LogP contribution is 2.29. The molecule has 0 aliphatic carbocycles. The summed E-state index contributed by atoms with van der Waals surface area (Å²) in [5.41, 5.74) is 2.81. The van der Waals surface area contributed by atoms with Crippen molar-refractivity contribution < 1.29 is 9.53 Å². The third kappa shape index (κ3) is 4.02. The molecule has 0 spiro atoms. The molecule has 0 unspecified atom stereocenters. The first-order chi connectivity index (χ1) is 17.6. The molecule has 0 radical (unpaired) electrons. The molecule has 0 N–H and O–H groups in total. The van der Waals surface area contributed by atoms with Crippen LogP contribution in [0, 0.1) is 0 Å². The Kier molecular flexibility index (Phi) is 5.51. The Bertz CT molecular complexity index is 1820. The van der Waals surface area contributed by atoms with Gasteiger partial charge in [0, 0.05) is 18.7 Å². The number of para-hydroxylation sites is 2. The van der Waals surface area contributed by atoms with Crippen molar-refractivity contribution in [1.29, 1.82) is 0 Å². The summed E-state index contributed by atoms with van der Waals surface area (Å²) < 4.78 is 8.86. The second kappa shape index (κ2) is 8.99. The fourth-order valence-electron chi connectivity index (χ4n) is 3.79. The molecule has 2 aromatic carbocycles. The van der Waals surface area contributed by atoms with E-state index in [-0.39, 0.29) is 5.56 Å². The van der Waals surface area contributed by atoms with E-state index in [2.05, 4.69) is 10.1 Å². The number of thiophene rings is 1. The maximum Gasteiger partial charge on any atom is 0.308 e. The summed E-state index contributed by atoms with van der Waals surface area (Å²) in [4.78, 5) is 30.7. The number of ether oxygens (including phenoxy) is 1. The van der Waals surface area contributed by atoms with Gasteiger partial charge in [-0.2, -0.15) is 14.6 Å². The number of rotatable bonds is 5. The Labute approximate surface area is 212 Å². The van der Waals surface area contributed by atoms with Crippen LogP contribution in [-0.4, -0.2) is 30.3 Å². The summed E-state index contributed by atoms with van der Waals surface area (Å²) in [6.45, 7) is 1.33. The highest BCUT2D eigenvalue weighted by Gasteiger charge is 2.17. The highest BCUT2D eigenvalue weighted by atomic mass is 32.1. The van der Waals surface area contributed by atoms with Crippen molar-refractivity contribution in [3.63, 3.8) is 0 Å². The third-order valence-corrected chi connectivity index (χ3v) is 7.20. The summed E-state index contributed by atoms with van der Waals surface area (Å²) in [6, 6.07) is 20.8. The number of nitrogens with zero attached hydrogens (tertiary/aromatic N) is 5. The van der Waals surface area contributed by atoms with E-state index in [9.17, 15) is 9.59 Å². The molecule has 36 heavy (non-hydrogen) atoms. The zero-order valence-electron chi connectivity index (χ0n) is 18.9. The minimum absolute atomic E-state index is 0.275. The van der Waals surface area contributed by atoms with Crippen LogP contribution >= 0.6 is 22.7 Å². The number of thiazole rings is 1. The van der Waals surface area contributed by atoms with Crippen molar-refractivity contribution in [2.75, 3.05) is 0 Å². The lowest BCUT2D eigenvalue weighted by atomic mass is 10.2. The molecule has 0 amide bonds. The van der Waals surface area contributed by atoms with Crippen LogP contribution in [0.2, 0.25) is 0 Å². The molecule has 176 valence electrons. The topological polar surface area (TPSA) is 91.4 Å². The molecule has 0 aliphatic heterocycles. The number of hydrogen-bond donors (Lipinski definition) is 0. The van der Waals surface area contributed by atoms with Gasteiger partial charge in [0.25, 0.3) is 5.56 Å². The van der Waals surface area contributed by atoms with Gasteiger partial charge in [0.2, 0.25) is 4.96 Å². The number of hydrogen-bond acceptors (Lipinski definition) is 8. The number of fused-ring (bicyclic) bond motifs is 1. The molecule has 10 heteroatoms. The molecular formula is C26H17N5O3S2. The van der Waals surface area contributed by atoms with Crippen LogP contribution in [0.4, 0.5) is 0 Å². The SMILES string of the molecule is CC(=O)Oc1ccccc1-c1nc2s/c(=C\c3cn(-c4ccccc4)nc3-c3cccs3)c(=O)n2n1. The number of benzene rings is 2. The van der Waals surface area contributed by atoms with E-state index in [0.29, 0.717) is 26.6 Å². The fourth-order valence-corrected chi connectivity index (χ4v) is 5.42. The van der Waals surface area contributed by atoms with Gasteiger partial charge in [-0.3, -0.25) is 9.59 Å². The van der Waals surface area contributed by atoms with Gasteiger partial charge in [-0.05, 0) is 41.8 Å². The molecular weight excluding hydrogens is 494 g/mol. The monoisotopic (exact) mass is 511 g/mol. The first kappa shape index (κ1) is 22.1. The van der Waals surface area contributed by atoms with Gasteiger partial charge in [-0.15, -0.1) is 16.4 Å². The Balaban J connectivity index is 1.46. The molecule has 0 saturated heterocycles. The maximum absolute atomic E-state index is 13.2. The van der Waals surface area contributed by atoms with Gasteiger partial charge in [0.1, 0.15) is 11.4 Å². The Morgan fingerprint density at radius 1 is 1.00 bits per heavy atom. The van der Waals surface area contributed by atoms with Crippen molar-refractivity contribution in [1.82, 2.24) is 24.4 Å². The minimum atomic E-state index is -0.442. The van der Waals surface area contributed by atoms with E-state index in [4.69, 9.17) is 9.84 Å². The van der Waals surface area contributed by atoms with Crippen molar-refractivity contribution in [3.8, 4) is 33.4 Å². The number of carbonyl (C=O) groups excluding carboxylic acids is 1. The van der Waals surface area contributed by atoms with Crippen LogP contribution in [0.25, 0.3) is 38.7 Å². The molecule has 0 bridgehead atoms. The summed E-state index contributed by atoms with van der Waals surface area (Å²) >= 11 is 2.83. The molecule has 0 saturated carbocycles. The Hall–Kier alpha value is -4.41. The predicted octanol–water partition coefficient (Wildman–Crippen LogP) is 4.21. The van der Waals surface area contributed by atoms with Crippen LogP contribution in [0.1, 0.15) is 12.5 Å². The quantitative estimate of drug-likeness (QED) is 0.254. The molecule has 6 rings (SSSR count). The molecule has 4 aromatic heterocycles. The normalized spacial score (nSPS) is 11.9. The van der Waals surface area contributed by atoms with Gasteiger partial charge < -0.3 is 4.74 Å². The highest BCUT2D eigenvalue weighted by molar-refractivity contribution is 7.15. The Morgan fingerprint density at radius 2 is 1.81 bits per heavy atom. The van der Waals surface area contributed by atoms with Gasteiger partial charge in [-0.25, -0.2) is 4.68 Å². The Morgan fingerprint density at radius 3 is 2.56 bits per heavy atom. The van der Waals surface area contributed by atoms with Crippen molar-refractivity contribution in [3.05, 3.63) is 98.8 Å². The zero-order chi connectivity index (χ0) is 24.6. The summed E-state index contributed by atoms with van der Waals surface area (Å²) in [6.07, 6.45) is 3.75. The average molecular weight is 512 g/mol. The van der Waals surface area contributed by atoms with Crippen molar-refractivity contribution in [2.24, 2.45) is 0 Å². The number of aromatic nitrogens is 5. The van der Waals surface area contributed by atoms with Crippen LogP contribution in [0.3, 0.4) is 0 Å². The second-order valence-corrected chi connectivity index (χ2v) is 9.78. The first-order valence-electron chi connectivity index (χ1n) is 10.9. The third-order valence-electron chi connectivity index (χ3n) is 5.37. The minimum Gasteiger partial charge on any atom is -0.426 e. The molecule has 0 atom stereocenters. The number of esters is 1. The molecule has 4 heterocycles. The van der Waals surface area contributed by atoms with Gasteiger partial charge in [-0.1, -0.05) is 47.7 Å². The van der Waals surface area contributed by atoms with Crippen LogP contribution in [0.15, 0.2) is 83.1 Å². The van der Waals surface area contributed by atoms with E-state index in [1.165, 1.54) is 22.8 Å². The average Bonchev–Trinajstić information content (AvgIpc) is 3.66. The van der Waals surface area contributed by atoms with Crippen molar-refractivity contribution in [2.45, 2.75) is 6.92 Å². The van der Waals surface area contributed by atoms with Gasteiger partial charge in [0.05, 0.1) is 20.7 Å².